The van der Waals surface area contributed by atoms with Crippen LogP contribution in [0.3, 0.4) is 0 Å². The molecule has 2 heterocycles. The minimum absolute atomic E-state index is 0.0886. The molecule has 4 amide bonds. The minimum atomic E-state index is -0.750. The number of urea groups is 1. The van der Waals surface area contributed by atoms with Gasteiger partial charge in [0.05, 0.1) is 5.69 Å². The number of hydrogen-bond acceptors (Lipinski definition) is 3. The molecule has 1 aliphatic heterocycles. The number of carbonyl (C=O) groups excluding carboxylic acids is 3. The van der Waals surface area contributed by atoms with Crippen LogP contribution in [-0.2, 0) is 16.1 Å². The van der Waals surface area contributed by atoms with Gasteiger partial charge in [0.25, 0.3) is 11.8 Å². The second-order valence-electron chi connectivity index (χ2n) is 6.79. The number of aromatic nitrogens is 1. The molecule has 0 saturated carbocycles. The summed E-state index contributed by atoms with van der Waals surface area (Å²) >= 11 is 0. The molecule has 1 N–H and O–H groups in total. The average molecular weight is 385 g/mol. The van der Waals surface area contributed by atoms with Gasteiger partial charge < -0.3 is 4.57 Å². The Labute approximate surface area is 167 Å². The lowest BCUT2D eigenvalue weighted by Crippen LogP contribution is -2.54. The van der Waals surface area contributed by atoms with Gasteiger partial charge in [0.15, 0.2) is 0 Å². The predicted molar refractivity (Wildman–Crippen MR) is 112 cm³/mol. The second kappa shape index (κ2) is 7.24. The molecule has 0 aliphatic carbocycles. The molecule has 1 saturated heterocycles. The largest absolute Gasteiger partial charge is 0.343 e. The fourth-order valence-electron chi connectivity index (χ4n) is 3.53. The first-order valence-electron chi connectivity index (χ1n) is 9.17. The Morgan fingerprint density at radius 1 is 1.03 bits per heavy atom. The summed E-state index contributed by atoms with van der Waals surface area (Å²) in [7, 11) is 0. The lowest BCUT2D eigenvalue weighted by Gasteiger charge is -2.27. The highest BCUT2D eigenvalue weighted by Gasteiger charge is 2.37. The number of rotatable bonds is 4. The normalized spacial score (nSPS) is 15.8. The highest BCUT2D eigenvalue weighted by atomic mass is 16.2. The number of nitrogens with one attached hydrogen (secondary N) is 1. The molecule has 0 bridgehead atoms. The summed E-state index contributed by atoms with van der Waals surface area (Å²) in [5.74, 6) is -1.35. The van der Waals surface area contributed by atoms with Gasteiger partial charge in [0.2, 0.25) is 0 Å². The third-order valence-corrected chi connectivity index (χ3v) is 4.90. The van der Waals surface area contributed by atoms with Crippen molar-refractivity contribution < 1.29 is 14.4 Å². The zero-order valence-electron chi connectivity index (χ0n) is 15.9. The number of fused-ring (bicyclic) bond motifs is 1. The van der Waals surface area contributed by atoms with Crippen molar-refractivity contribution in [3.8, 4) is 0 Å². The maximum Gasteiger partial charge on any atom is 0.335 e. The number of aryl methyl sites for hydroxylation is 1. The van der Waals surface area contributed by atoms with Crippen molar-refractivity contribution in [3.05, 3.63) is 84.1 Å². The summed E-state index contributed by atoms with van der Waals surface area (Å²) in [6.45, 7) is 6.17. The predicted octanol–water partition coefficient (Wildman–Crippen LogP) is 3.80. The average Bonchev–Trinajstić information content (AvgIpc) is 3.04. The molecule has 0 atom stereocenters. The molecule has 0 unspecified atom stereocenters. The number of hydrogen-bond donors (Lipinski definition) is 1. The fourth-order valence-corrected chi connectivity index (χ4v) is 3.53. The molecule has 1 aromatic heterocycles. The van der Waals surface area contributed by atoms with Gasteiger partial charge in [-0.1, -0.05) is 42.5 Å². The van der Waals surface area contributed by atoms with E-state index in [1.807, 2.05) is 41.1 Å². The van der Waals surface area contributed by atoms with Gasteiger partial charge in [-0.15, -0.1) is 6.58 Å². The second-order valence-corrected chi connectivity index (χ2v) is 6.79. The molecule has 1 fully saturated rings. The molecule has 6 heteroatoms. The highest BCUT2D eigenvalue weighted by molar-refractivity contribution is 6.39. The summed E-state index contributed by atoms with van der Waals surface area (Å²) < 4.78 is 1.99. The van der Waals surface area contributed by atoms with Gasteiger partial charge >= 0.3 is 6.03 Å². The number of nitrogens with zero attached hydrogens (tertiary/aromatic N) is 2. The van der Waals surface area contributed by atoms with E-state index < -0.39 is 17.8 Å². The van der Waals surface area contributed by atoms with Crippen molar-refractivity contribution in [2.45, 2.75) is 13.5 Å². The minimum Gasteiger partial charge on any atom is -0.343 e. The van der Waals surface area contributed by atoms with E-state index in [1.54, 1.807) is 31.2 Å². The first kappa shape index (κ1) is 18.4. The van der Waals surface area contributed by atoms with Crippen molar-refractivity contribution in [1.82, 2.24) is 9.88 Å². The maximum absolute atomic E-state index is 13.1. The Hall–Kier alpha value is -3.93. The molecular formula is C23H19N3O3. The van der Waals surface area contributed by atoms with E-state index in [4.69, 9.17) is 0 Å². The van der Waals surface area contributed by atoms with Crippen LogP contribution in [0.5, 0.6) is 0 Å². The van der Waals surface area contributed by atoms with Gasteiger partial charge in [0.1, 0.15) is 5.57 Å². The van der Waals surface area contributed by atoms with Gasteiger partial charge in [-0.25, -0.2) is 9.69 Å². The summed E-state index contributed by atoms with van der Waals surface area (Å²) in [6, 6.07) is 14.0. The number of amides is 4. The Bertz CT molecular complexity index is 1200. The van der Waals surface area contributed by atoms with Crippen LogP contribution in [0.15, 0.2) is 73.0 Å². The first-order valence-corrected chi connectivity index (χ1v) is 9.17. The van der Waals surface area contributed by atoms with Crippen molar-refractivity contribution in [1.29, 1.82) is 0 Å². The number of benzene rings is 2. The van der Waals surface area contributed by atoms with Crippen LogP contribution in [0, 0.1) is 6.92 Å². The monoisotopic (exact) mass is 385 g/mol. The molecule has 2 aromatic carbocycles. The molecule has 1 aliphatic rings. The van der Waals surface area contributed by atoms with Gasteiger partial charge in [0, 0.05) is 29.2 Å². The van der Waals surface area contributed by atoms with Crippen molar-refractivity contribution in [2.75, 3.05) is 4.90 Å². The molecule has 3 aromatic rings. The number of anilines is 1. The molecule has 6 nitrogen and oxygen atoms in total. The number of para-hydroxylation sites is 2. The van der Waals surface area contributed by atoms with E-state index in [2.05, 4.69) is 11.9 Å². The van der Waals surface area contributed by atoms with E-state index in [0.717, 1.165) is 26.9 Å². The van der Waals surface area contributed by atoms with Crippen molar-refractivity contribution >= 4 is 40.5 Å². The van der Waals surface area contributed by atoms with Crippen LogP contribution >= 0.6 is 0 Å². The number of allylic oxidation sites excluding steroid dienone is 1. The smallest absolute Gasteiger partial charge is 0.335 e. The summed E-state index contributed by atoms with van der Waals surface area (Å²) in [6.07, 6.45) is 5.19. The topological polar surface area (TPSA) is 71.4 Å². The third-order valence-electron chi connectivity index (χ3n) is 4.90. The van der Waals surface area contributed by atoms with Crippen molar-refractivity contribution in [3.63, 3.8) is 0 Å². The fraction of sp³-hybridized carbons (Fsp3) is 0.0870. The van der Waals surface area contributed by atoms with E-state index in [1.165, 1.54) is 6.08 Å². The maximum atomic E-state index is 13.1. The van der Waals surface area contributed by atoms with Crippen LogP contribution in [0.2, 0.25) is 0 Å². The zero-order valence-corrected chi connectivity index (χ0v) is 15.9. The molecule has 29 heavy (non-hydrogen) atoms. The van der Waals surface area contributed by atoms with E-state index in [9.17, 15) is 14.4 Å². The molecule has 144 valence electrons. The summed E-state index contributed by atoms with van der Waals surface area (Å²) in [5, 5.41) is 3.18. The SMILES string of the molecule is C=CCn1cc(/C=C2\C(=O)NC(=O)N(c3ccccc3C)C2=O)c2ccccc21. The number of imide groups is 2. The molecule has 0 radical (unpaired) electrons. The lowest BCUT2D eigenvalue weighted by atomic mass is 10.1. The molecule has 4 rings (SSSR count). The van der Waals surface area contributed by atoms with Gasteiger partial charge in [-0.05, 0) is 30.7 Å². The quantitative estimate of drug-likeness (QED) is 0.422. The number of carbonyl (C=O) groups is 3. The van der Waals surface area contributed by atoms with Crippen LogP contribution in [0.25, 0.3) is 17.0 Å². The Kier molecular flexibility index (Phi) is 4.60. The van der Waals surface area contributed by atoms with E-state index in [0.29, 0.717) is 12.2 Å². The standard InChI is InChI=1S/C23H19N3O3/c1-3-12-25-14-16(17-9-5-7-11-20(17)25)13-18-21(27)24-23(29)26(22(18)28)19-10-6-4-8-15(19)2/h3-11,13-14H,1,12H2,2H3,(H,24,27,29)/b18-13+. The molecule has 0 spiro atoms. The van der Waals surface area contributed by atoms with Gasteiger partial charge in [-0.3, -0.25) is 14.9 Å². The summed E-state index contributed by atoms with van der Waals surface area (Å²) in [5.41, 5.74) is 2.80. The van der Waals surface area contributed by atoms with Crippen LogP contribution in [-0.4, -0.2) is 22.4 Å². The Morgan fingerprint density at radius 3 is 2.52 bits per heavy atom. The van der Waals surface area contributed by atoms with Crippen LogP contribution in [0.4, 0.5) is 10.5 Å². The molecular weight excluding hydrogens is 366 g/mol. The number of barbiturate groups is 1. The van der Waals surface area contributed by atoms with Crippen LogP contribution < -0.4 is 10.2 Å². The van der Waals surface area contributed by atoms with Crippen molar-refractivity contribution in [2.24, 2.45) is 0 Å². The van der Waals surface area contributed by atoms with E-state index in [-0.39, 0.29) is 5.57 Å². The van der Waals surface area contributed by atoms with Gasteiger partial charge in [-0.2, -0.15) is 0 Å². The highest BCUT2D eigenvalue weighted by Crippen LogP contribution is 2.27. The Balaban J connectivity index is 1.83. The first-order chi connectivity index (χ1) is 14.0. The third kappa shape index (κ3) is 3.14. The lowest BCUT2D eigenvalue weighted by molar-refractivity contribution is -0.122. The van der Waals surface area contributed by atoms with E-state index >= 15 is 0 Å². The Morgan fingerprint density at radius 2 is 1.76 bits per heavy atom. The van der Waals surface area contributed by atoms with Crippen LogP contribution in [0.1, 0.15) is 11.1 Å². The summed E-state index contributed by atoms with van der Waals surface area (Å²) in [4.78, 5) is 39.0. The zero-order chi connectivity index (χ0) is 20.5.